The summed E-state index contributed by atoms with van der Waals surface area (Å²) >= 11 is 1.40. The maximum atomic E-state index is 12.8. The highest BCUT2D eigenvalue weighted by Gasteiger charge is 2.64. The number of aryl methyl sites for hydroxylation is 1. The van der Waals surface area contributed by atoms with Crippen molar-refractivity contribution in [1.82, 2.24) is 10.2 Å². The van der Waals surface area contributed by atoms with Gasteiger partial charge in [0.25, 0.3) is 0 Å². The standard InChI is InChI=1S/C21H23N3O7S.BrH/c1-10-12(31-20(28)30-10)9-29-19(27)15-21(2,3)32-18-14(17(26)24(15)18)23-16(25)13(22)11-7-5-4-6-8-11;/h4-8,13-15,18H,9,22H2,1-3H3,(H,23,25);1H/t13-,14-,15+,18-;/m1./s1. The van der Waals surface area contributed by atoms with Crippen molar-refractivity contribution < 1.29 is 28.0 Å². The van der Waals surface area contributed by atoms with Crippen molar-refractivity contribution >= 4 is 46.5 Å². The largest absolute Gasteiger partial charge is 0.519 e. The van der Waals surface area contributed by atoms with Crippen LogP contribution in [0.3, 0.4) is 0 Å². The molecule has 3 heterocycles. The van der Waals surface area contributed by atoms with Crippen LogP contribution in [0, 0.1) is 6.92 Å². The third-order valence-corrected chi connectivity index (χ3v) is 7.16. The second-order valence-corrected chi connectivity index (χ2v) is 9.95. The van der Waals surface area contributed by atoms with E-state index in [1.54, 1.807) is 24.3 Å². The minimum absolute atomic E-state index is 0. The highest BCUT2D eigenvalue weighted by Crippen LogP contribution is 2.51. The third-order valence-electron chi connectivity index (χ3n) is 5.58. The van der Waals surface area contributed by atoms with Gasteiger partial charge in [0.1, 0.15) is 23.5 Å². The lowest BCUT2D eigenvalue weighted by molar-refractivity contribution is -0.165. The van der Waals surface area contributed by atoms with Crippen LogP contribution in [0.25, 0.3) is 0 Å². The van der Waals surface area contributed by atoms with Crippen LogP contribution in [0.5, 0.6) is 0 Å². The molecule has 12 heteroatoms. The smallest absolute Gasteiger partial charge is 0.456 e. The zero-order valence-corrected chi connectivity index (χ0v) is 20.6. The molecular formula is C21H24BrN3O7S. The number of carbonyl (C=O) groups is 3. The molecular weight excluding hydrogens is 518 g/mol. The number of esters is 1. The lowest BCUT2D eigenvalue weighted by Crippen LogP contribution is -2.71. The monoisotopic (exact) mass is 541 g/mol. The Hall–Kier alpha value is -2.57. The predicted octanol–water partition coefficient (Wildman–Crippen LogP) is 1.41. The summed E-state index contributed by atoms with van der Waals surface area (Å²) in [6.07, 6.45) is 0. The highest BCUT2D eigenvalue weighted by molar-refractivity contribution is 8.93. The summed E-state index contributed by atoms with van der Waals surface area (Å²) in [6, 6.07) is 6.30. The molecule has 0 spiro atoms. The molecule has 33 heavy (non-hydrogen) atoms. The summed E-state index contributed by atoms with van der Waals surface area (Å²) in [4.78, 5) is 50.8. The lowest BCUT2D eigenvalue weighted by atomic mass is 9.95. The van der Waals surface area contributed by atoms with Gasteiger partial charge in [-0.3, -0.25) is 9.59 Å². The van der Waals surface area contributed by atoms with E-state index in [4.69, 9.17) is 19.3 Å². The average molecular weight is 542 g/mol. The Labute approximate surface area is 204 Å². The molecule has 2 aromatic rings. The molecule has 0 radical (unpaired) electrons. The van der Waals surface area contributed by atoms with Gasteiger partial charge in [-0.25, -0.2) is 9.59 Å². The van der Waals surface area contributed by atoms with Gasteiger partial charge in [0.05, 0.1) is 0 Å². The van der Waals surface area contributed by atoms with E-state index in [1.165, 1.54) is 23.6 Å². The van der Waals surface area contributed by atoms with Gasteiger partial charge in [-0.2, -0.15) is 0 Å². The molecule has 10 nitrogen and oxygen atoms in total. The molecule has 2 aliphatic rings. The molecule has 2 amide bonds. The fourth-order valence-corrected chi connectivity index (χ4v) is 5.52. The van der Waals surface area contributed by atoms with E-state index in [9.17, 15) is 19.2 Å². The summed E-state index contributed by atoms with van der Waals surface area (Å²) in [5, 5.41) is 2.29. The molecule has 0 saturated carbocycles. The van der Waals surface area contributed by atoms with Crippen molar-refractivity contribution in [2.45, 2.75) is 55.6 Å². The maximum Gasteiger partial charge on any atom is 0.519 e. The number of fused-ring (bicyclic) bond motifs is 1. The van der Waals surface area contributed by atoms with Crippen LogP contribution in [-0.4, -0.2) is 44.9 Å². The van der Waals surface area contributed by atoms with Crippen LogP contribution in [0.4, 0.5) is 0 Å². The molecule has 178 valence electrons. The van der Waals surface area contributed by atoms with Gasteiger partial charge < -0.3 is 29.5 Å². The summed E-state index contributed by atoms with van der Waals surface area (Å²) in [7, 11) is 0. The van der Waals surface area contributed by atoms with E-state index in [0.29, 0.717) is 5.56 Å². The first-order valence-corrected chi connectivity index (χ1v) is 10.8. The first-order valence-electron chi connectivity index (χ1n) is 9.97. The molecule has 3 N–H and O–H groups in total. The molecule has 2 saturated heterocycles. The fourth-order valence-electron chi connectivity index (χ4n) is 3.90. The van der Waals surface area contributed by atoms with Crippen LogP contribution in [-0.2, 0) is 25.7 Å². The third kappa shape index (κ3) is 4.59. The molecule has 2 fully saturated rings. The Morgan fingerprint density at radius 1 is 1.24 bits per heavy atom. The van der Waals surface area contributed by atoms with Crippen LogP contribution < -0.4 is 16.9 Å². The molecule has 4 rings (SSSR count). The van der Waals surface area contributed by atoms with Crippen LogP contribution in [0.1, 0.15) is 37.0 Å². The molecule has 1 aromatic carbocycles. The first kappa shape index (κ1) is 25.1. The number of nitrogens with zero attached hydrogens (tertiary/aromatic N) is 1. The normalized spacial score (nSPS) is 23.7. The maximum absolute atomic E-state index is 12.8. The SMILES string of the molecule is Br.Cc1oc(=O)oc1COC(=O)[C@@H]1N2C(=O)[C@@H](NC(=O)[C@H](N)c3ccccc3)[C@H]2SC1(C)C. The second-order valence-electron chi connectivity index (χ2n) is 8.18. The minimum Gasteiger partial charge on any atom is -0.456 e. The summed E-state index contributed by atoms with van der Waals surface area (Å²) in [5.41, 5.74) is 6.66. The topological polar surface area (TPSA) is 145 Å². The van der Waals surface area contributed by atoms with Gasteiger partial charge in [-0.15, -0.1) is 28.7 Å². The highest BCUT2D eigenvalue weighted by atomic mass is 79.9. The number of halogens is 1. The number of ether oxygens (including phenoxy) is 1. The number of nitrogens with two attached hydrogens (primary N) is 1. The zero-order chi connectivity index (χ0) is 23.2. The lowest BCUT2D eigenvalue weighted by Gasteiger charge is -2.44. The van der Waals surface area contributed by atoms with Crippen LogP contribution in [0.15, 0.2) is 44.0 Å². The van der Waals surface area contributed by atoms with Crippen molar-refractivity contribution in [2.75, 3.05) is 0 Å². The van der Waals surface area contributed by atoms with Gasteiger partial charge in [0.2, 0.25) is 11.8 Å². The quantitative estimate of drug-likeness (QED) is 0.409. The van der Waals surface area contributed by atoms with Crippen LogP contribution >= 0.6 is 28.7 Å². The van der Waals surface area contributed by atoms with E-state index in [1.807, 2.05) is 19.9 Å². The van der Waals surface area contributed by atoms with E-state index in [2.05, 4.69) is 5.32 Å². The van der Waals surface area contributed by atoms with Gasteiger partial charge in [0.15, 0.2) is 18.1 Å². The molecule has 0 unspecified atom stereocenters. The van der Waals surface area contributed by atoms with E-state index in [-0.39, 0.29) is 41.0 Å². The second kappa shape index (κ2) is 9.35. The first-order chi connectivity index (χ1) is 15.1. The number of hydrogen-bond donors (Lipinski definition) is 2. The number of β-lactam (4-membered cyclic amide) rings is 1. The number of thioether (sulfide) groups is 1. The van der Waals surface area contributed by atoms with Crippen molar-refractivity contribution in [2.24, 2.45) is 5.73 Å². The number of benzene rings is 1. The van der Waals surface area contributed by atoms with E-state index >= 15 is 0 Å². The molecule has 0 bridgehead atoms. The van der Waals surface area contributed by atoms with Gasteiger partial charge >= 0.3 is 11.8 Å². The average Bonchev–Trinajstić information content (AvgIpc) is 3.22. The van der Waals surface area contributed by atoms with Crippen molar-refractivity contribution in [3.63, 3.8) is 0 Å². The Balaban J connectivity index is 0.00000306. The Bertz CT molecular complexity index is 1120. The predicted molar refractivity (Wildman–Crippen MR) is 123 cm³/mol. The van der Waals surface area contributed by atoms with Crippen molar-refractivity contribution in [1.29, 1.82) is 0 Å². The summed E-state index contributed by atoms with van der Waals surface area (Å²) < 4.78 is 14.2. The van der Waals surface area contributed by atoms with Crippen LogP contribution in [0.2, 0.25) is 0 Å². The number of carbonyl (C=O) groups excluding carboxylic acids is 3. The Morgan fingerprint density at radius 3 is 2.52 bits per heavy atom. The summed E-state index contributed by atoms with van der Waals surface area (Å²) in [5.74, 6) is -2.03. The van der Waals surface area contributed by atoms with E-state index in [0.717, 1.165) is 0 Å². The number of rotatable bonds is 6. The van der Waals surface area contributed by atoms with Gasteiger partial charge in [0, 0.05) is 4.75 Å². The molecule has 0 aliphatic carbocycles. The summed E-state index contributed by atoms with van der Waals surface area (Å²) in [6.45, 7) is 4.89. The Morgan fingerprint density at radius 2 is 1.91 bits per heavy atom. The van der Waals surface area contributed by atoms with Gasteiger partial charge in [-0.05, 0) is 26.3 Å². The van der Waals surface area contributed by atoms with Crippen molar-refractivity contribution in [3.8, 4) is 0 Å². The fraction of sp³-hybridized carbons (Fsp3) is 0.429. The number of amides is 2. The molecule has 4 atom stereocenters. The molecule has 1 aromatic heterocycles. The minimum atomic E-state index is -0.911. The van der Waals surface area contributed by atoms with Crippen molar-refractivity contribution in [3.05, 3.63) is 58.0 Å². The van der Waals surface area contributed by atoms with E-state index < -0.39 is 45.9 Å². The van der Waals surface area contributed by atoms with Gasteiger partial charge in [-0.1, -0.05) is 30.3 Å². The number of nitrogens with one attached hydrogen (secondary N) is 1. The number of hydrogen-bond acceptors (Lipinski definition) is 9. The zero-order valence-electron chi connectivity index (χ0n) is 18.1. The molecule has 2 aliphatic heterocycles. The Kier molecular flexibility index (Phi) is 7.10.